The van der Waals surface area contributed by atoms with Gasteiger partial charge in [0.2, 0.25) is 0 Å². The maximum atomic E-state index is 14.2. The molecule has 19 heavy (non-hydrogen) atoms. The number of rotatable bonds is 2. The minimum absolute atomic E-state index is 0.0353. The number of halogens is 1. The SMILES string of the molecule is C[C@@H](O)c1ccc(N2CCN(C)C(C)(C)C2)c(F)c1. The fourth-order valence-corrected chi connectivity index (χ4v) is 2.49. The molecule has 1 aromatic carbocycles. The van der Waals surface area contributed by atoms with Crippen molar-refractivity contribution in [3.63, 3.8) is 0 Å². The van der Waals surface area contributed by atoms with Crippen LogP contribution in [0, 0.1) is 5.82 Å². The van der Waals surface area contributed by atoms with Crippen molar-refractivity contribution in [1.82, 2.24) is 4.90 Å². The van der Waals surface area contributed by atoms with Gasteiger partial charge in [-0.3, -0.25) is 4.90 Å². The number of piperazine rings is 1. The van der Waals surface area contributed by atoms with Crippen LogP contribution in [0.4, 0.5) is 10.1 Å². The molecule has 1 heterocycles. The quantitative estimate of drug-likeness (QED) is 0.890. The van der Waals surface area contributed by atoms with Crippen LogP contribution in [-0.4, -0.2) is 42.2 Å². The van der Waals surface area contributed by atoms with E-state index >= 15 is 0 Å². The van der Waals surface area contributed by atoms with Gasteiger partial charge in [-0.1, -0.05) is 6.07 Å². The molecule has 4 heteroatoms. The van der Waals surface area contributed by atoms with Gasteiger partial charge in [0.1, 0.15) is 5.82 Å². The number of hydrogen-bond donors (Lipinski definition) is 1. The van der Waals surface area contributed by atoms with Gasteiger partial charge in [-0.05, 0) is 45.5 Å². The Balaban J connectivity index is 2.23. The molecule has 1 aliphatic rings. The molecule has 0 aromatic heterocycles. The summed E-state index contributed by atoms with van der Waals surface area (Å²) in [4.78, 5) is 4.38. The molecule has 1 saturated heterocycles. The highest BCUT2D eigenvalue weighted by Gasteiger charge is 2.32. The highest BCUT2D eigenvalue weighted by atomic mass is 19.1. The number of hydrogen-bond acceptors (Lipinski definition) is 3. The van der Waals surface area contributed by atoms with Gasteiger partial charge in [-0.15, -0.1) is 0 Å². The van der Waals surface area contributed by atoms with Gasteiger partial charge in [0, 0.05) is 25.2 Å². The van der Waals surface area contributed by atoms with Crippen LogP contribution >= 0.6 is 0 Å². The van der Waals surface area contributed by atoms with E-state index in [0.717, 1.165) is 19.6 Å². The van der Waals surface area contributed by atoms with Crippen LogP contribution in [0.5, 0.6) is 0 Å². The van der Waals surface area contributed by atoms with Crippen LogP contribution in [-0.2, 0) is 0 Å². The van der Waals surface area contributed by atoms with E-state index in [1.165, 1.54) is 6.07 Å². The maximum Gasteiger partial charge on any atom is 0.146 e. The average molecular weight is 266 g/mol. The summed E-state index contributed by atoms with van der Waals surface area (Å²) in [6.45, 7) is 8.53. The standard InChI is InChI=1S/C15H23FN2O/c1-11(19)12-5-6-14(13(16)9-12)18-8-7-17(4)15(2,3)10-18/h5-6,9,11,19H,7-8,10H2,1-4H3/t11-/m1/s1. The van der Waals surface area contributed by atoms with Crippen molar-refractivity contribution in [2.24, 2.45) is 0 Å². The monoisotopic (exact) mass is 266 g/mol. The molecular formula is C15H23FN2O. The van der Waals surface area contributed by atoms with E-state index in [9.17, 15) is 9.50 Å². The van der Waals surface area contributed by atoms with Crippen molar-refractivity contribution >= 4 is 5.69 Å². The molecule has 1 atom stereocenters. The molecule has 1 aliphatic heterocycles. The van der Waals surface area contributed by atoms with Crippen LogP contribution in [0.2, 0.25) is 0 Å². The maximum absolute atomic E-state index is 14.2. The number of benzene rings is 1. The fraction of sp³-hybridized carbons (Fsp3) is 0.600. The third-order valence-electron chi connectivity index (χ3n) is 4.11. The molecule has 3 nitrogen and oxygen atoms in total. The van der Waals surface area contributed by atoms with Crippen molar-refractivity contribution < 1.29 is 9.50 Å². The second-order valence-electron chi connectivity index (χ2n) is 6.04. The summed E-state index contributed by atoms with van der Waals surface area (Å²) in [5.41, 5.74) is 1.29. The van der Waals surface area contributed by atoms with Gasteiger partial charge in [-0.25, -0.2) is 4.39 Å². The van der Waals surface area contributed by atoms with Gasteiger partial charge < -0.3 is 10.0 Å². The smallest absolute Gasteiger partial charge is 0.146 e. The van der Waals surface area contributed by atoms with Crippen molar-refractivity contribution in [2.75, 3.05) is 31.6 Å². The molecule has 0 amide bonds. The second-order valence-corrected chi connectivity index (χ2v) is 6.04. The van der Waals surface area contributed by atoms with E-state index < -0.39 is 6.10 Å². The molecule has 2 rings (SSSR count). The first-order valence-corrected chi connectivity index (χ1v) is 6.75. The number of aliphatic hydroxyl groups is 1. The van der Waals surface area contributed by atoms with Gasteiger partial charge >= 0.3 is 0 Å². The predicted molar refractivity (Wildman–Crippen MR) is 76.0 cm³/mol. The summed E-state index contributed by atoms with van der Waals surface area (Å²) in [6.07, 6.45) is -0.632. The van der Waals surface area contributed by atoms with Crippen molar-refractivity contribution in [1.29, 1.82) is 0 Å². The Kier molecular flexibility index (Phi) is 3.83. The van der Waals surface area contributed by atoms with E-state index in [1.54, 1.807) is 19.1 Å². The zero-order valence-corrected chi connectivity index (χ0v) is 12.2. The fourth-order valence-electron chi connectivity index (χ4n) is 2.49. The van der Waals surface area contributed by atoms with Gasteiger partial charge in [0.05, 0.1) is 11.8 Å². The first-order valence-electron chi connectivity index (χ1n) is 6.75. The Bertz CT molecular complexity index is 459. The average Bonchev–Trinajstić information content (AvgIpc) is 2.32. The summed E-state index contributed by atoms with van der Waals surface area (Å²) in [5.74, 6) is -0.251. The molecule has 0 bridgehead atoms. The van der Waals surface area contributed by atoms with Crippen LogP contribution in [0.3, 0.4) is 0 Å². The summed E-state index contributed by atoms with van der Waals surface area (Å²) >= 11 is 0. The lowest BCUT2D eigenvalue weighted by atomic mass is 9.99. The summed E-state index contributed by atoms with van der Waals surface area (Å²) < 4.78 is 14.2. The lowest BCUT2D eigenvalue weighted by Crippen LogP contribution is -2.57. The highest BCUT2D eigenvalue weighted by molar-refractivity contribution is 5.50. The van der Waals surface area contributed by atoms with E-state index in [4.69, 9.17) is 0 Å². The predicted octanol–water partition coefficient (Wildman–Crippen LogP) is 2.41. The molecule has 0 radical (unpaired) electrons. The topological polar surface area (TPSA) is 26.7 Å². The molecule has 1 aromatic rings. The zero-order valence-electron chi connectivity index (χ0n) is 12.2. The third kappa shape index (κ3) is 2.90. The molecule has 0 aliphatic carbocycles. The normalized spacial score (nSPS) is 21.5. The summed E-state index contributed by atoms with van der Waals surface area (Å²) in [7, 11) is 2.10. The molecular weight excluding hydrogens is 243 g/mol. The third-order valence-corrected chi connectivity index (χ3v) is 4.11. The van der Waals surface area contributed by atoms with Crippen LogP contribution < -0.4 is 4.90 Å². The van der Waals surface area contributed by atoms with Gasteiger partial charge in [0.25, 0.3) is 0 Å². The lowest BCUT2D eigenvalue weighted by molar-refractivity contribution is 0.138. The summed E-state index contributed by atoms with van der Waals surface area (Å²) in [6, 6.07) is 5.01. The minimum atomic E-state index is -0.632. The summed E-state index contributed by atoms with van der Waals surface area (Å²) in [5, 5.41) is 9.48. The molecule has 0 spiro atoms. The molecule has 0 saturated carbocycles. The van der Waals surface area contributed by atoms with Gasteiger partial charge in [0.15, 0.2) is 0 Å². The van der Waals surface area contributed by atoms with E-state index in [-0.39, 0.29) is 11.4 Å². The highest BCUT2D eigenvalue weighted by Crippen LogP contribution is 2.28. The first-order chi connectivity index (χ1) is 8.81. The number of nitrogens with zero attached hydrogens (tertiary/aromatic N) is 2. The largest absolute Gasteiger partial charge is 0.389 e. The van der Waals surface area contributed by atoms with Crippen molar-refractivity contribution in [3.8, 4) is 0 Å². The second kappa shape index (κ2) is 5.10. The van der Waals surface area contributed by atoms with Crippen molar-refractivity contribution in [3.05, 3.63) is 29.6 Å². The Morgan fingerprint density at radius 1 is 1.32 bits per heavy atom. The molecule has 1 fully saturated rings. The molecule has 0 unspecified atom stereocenters. The number of aliphatic hydroxyl groups excluding tert-OH is 1. The van der Waals surface area contributed by atoms with Crippen LogP contribution in [0.25, 0.3) is 0 Å². The Hall–Kier alpha value is -1.13. The van der Waals surface area contributed by atoms with Crippen molar-refractivity contribution in [2.45, 2.75) is 32.4 Å². The Labute approximate surface area is 114 Å². The number of likely N-dealkylation sites (N-methyl/N-ethyl adjacent to an activating group) is 1. The minimum Gasteiger partial charge on any atom is -0.389 e. The van der Waals surface area contributed by atoms with E-state index in [2.05, 4.69) is 30.7 Å². The molecule has 106 valence electrons. The zero-order chi connectivity index (χ0) is 14.2. The number of anilines is 1. The molecule has 1 N–H and O–H groups in total. The van der Waals surface area contributed by atoms with Crippen LogP contribution in [0.1, 0.15) is 32.4 Å². The van der Waals surface area contributed by atoms with E-state index in [1.807, 2.05) is 0 Å². The first kappa shape index (κ1) is 14.3. The van der Waals surface area contributed by atoms with E-state index in [0.29, 0.717) is 11.3 Å². The Morgan fingerprint density at radius 3 is 2.53 bits per heavy atom. The lowest BCUT2D eigenvalue weighted by Gasteiger charge is -2.46. The van der Waals surface area contributed by atoms with Gasteiger partial charge in [-0.2, -0.15) is 0 Å². The van der Waals surface area contributed by atoms with Crippen LogP contribution in [0.15, 0.2) is 18.2 Å². The Morgan fingerprint density at radius 2 is 2.00 bits per heavy atom.